The van der Waals surface area contributed by atoms with E-state index in [-0.39, 0.29) is 24.3 Å². The van der Waals surface area contributed by atoms with Gasteiger partial charge in [-0.1, -0.05) is 43.6 Å². The average molecular weight is 401 g/mol. The highest BCUT2D eigenvalue weighted by molar-refractivity contribution is 6.31. The molecule has 0 amide bonds. The molecule has 0 radical (unpaired) electrons. The molecule has 148 valence electrons. The first-order valence-electron chi connectivity index (χ1n) is 9.47. The van der Waals surface area contributed by atoms with Gasteiger partial charge in [-0.05, 0) is 35.7 Å². The Morgan fingerprint density at radius 3 is 2.68 bits per heavy atom. The number of rotatable bonds is 7. The van der Waals surface area contributed by atoms with Crippen LogP contribution >= 0.6 is 11.6 Å². The topological polar surface area (TPSA) is 74.5 Å². The van der Waals surface area contributed by atoms with Crippen LogP contribution in [0.1, 0.15) is 37.3 Å². The number of aliphatic hydroxyl groups is 1. The zero-order chi connectivity index (χ0) is 20.1. The first kappa shape index (κ1) is 20.5. The second-order valence-corrected chi connectivity index (χ2v) is 7.72. The number of aliphatic hydroxyl groups excluding tert-OH is 1. The third-order valence-electron chi connectivity index (χ3n) is 4.94. The van der Waals surface area contributed by atoms with Crippen LogP contribution in [0.3, 0.4) is 0 Å². The molecule has 2 aromatic carbocycles. The van der Waals surface area contributed by atoms with Crippen LogP contribution < -0.4 is 14.8 Å². The number of benzene rings is 2. The molecule has 1 fully saturated rings. The van der Waals surface area contributed by atoms with Gasteiger partial charge in [-0.25, -0.2) is 0 Å². The third-order valence-corrected chi connectivity index (χ3v) is 5.25. The zero-order valence-electron chi connectivity index (χ0n) is 16.1. The van der Waals surface area contributed by atoms with Gasteiger partial charge in [0.15, 0.2) is 0 Å². The van der Waals surface area contributed by atoms with Crippen molar-refractivity contribution in [2.45, 2.75) is 44.4 Å². The first-order valence-corrected chi connectivity index (χ1v) is 9.85. The lowest BCUT2D eigenvalue weighted by molar-refractivity contribution is 0.0754. The van der Waals surface area contributed by atoms with Gasteiger partial charge in [0.25, 0.3) is 0 Å². The highest BCUT2D eigenvalue weighted by atomic mass is 35.5. The monoisotopic (exact) mass is 400 g/mol. The molecule has 0 aliphatic carbocycles. The summed E-state index contributed by atoms with van der Waals surface area (Å²) in [4.78, 5) is 0. The predicted octanol–water partition coefficient (Wildman–Crippen LogP) is 3.88. The molecule has 0 aromatic heterocycles. The fraction of sp³-hybridized carbons (Fsp3) is 0.409. The molecule has 0 spiro atoms. The molecule has 0 bridgehead atoms. The van der Waals surface area contributed by atoms with E-state index >= 15 is 0 Å². The maximum Gasteiger partial charge on any atom is 0.138 e. The van der Waals surface area contributed by atoms with Crippen molar-refractivity contribution < 1.29 is 14.6 Å². The van der Waals surface area contributed by atoms with Crippen molar-refractivity contribution in [2.75, 3.05) is 13.2 Å². The van der Waals surface area contributed by atoms with Gasteiger partial charge in [0, 0.05) is 19.0 Å². The summed E-state index contributed by atoms with van der Waals surface area (Å²) in [5.74, 6) is 1.70. The van der Waals surface area contributed by atoms with Crippen LogP contribution in [-0.2, 0) is 0 Å². The molecule has 28 heavy (non-hydrogen) atoms. The van der Waals surface area contributed by atoms with Crippen molar-refractivity contribution in [3.8, 4) is 17.6 Å². The molecule has 3 atom stereocenters. The van der Waals surface area contributed by atoms with Crippen LogP contribution in [0.25, 0.3) is 0 Å². The molecule has 1 saturated heterocycles. The van der Waals surface area contributed by atoms with E-state index in [1.807, 2.05) is 18.2 Å². The van der Waals surface area contributed by atoms with Gasteiger partial charge in [0.05, 0.1) is 5.02 Å². The van der Waals surface area contributed by atoms with Gasteiger partial charge in [0.1, 0.15) is 41.9 Å². The molecular weight excluding hydrogens is 376 g/mol. The standard InChI is InChI=1S/C22H25ClN2O3/c1-14(2)15-6-8-16(9-7-15)28-17-10-20(25-12-17)21(26)13-27-22-5-3-4-19(23)18(22)11-24/h3-9,14,17,20-21,25-26H,10,12-13H2,1-2H3/t17?,20-,21?/m1/s1. The number of nitrogens with one attached hydrogen (secondary N) is 1. The van der Waals surface area contributed by atoms with Gasteiger partial charge in [-0.15, -0.1) is 0 Å². The Morgan fingerprint density at radius 1 is 1.25 bits per heavy atom. The van der Waals surface area contributed by atoms with Crippen molar-refractivity contribution in [3.63, 3.8) is 0 Å². The Morgan fingerprint density at radius 2 is 2.00 bits per heavy atom. The van der Waals surface area contributed by atoms with E-state index in [0.29, 0.717) is 29.7 Å². The van der Waals surface area contributed by atoms with E-state index in [0.717, 1.165) is 5.75 Å². The fourth-order valence-corrected chi connectivity index (χ4v) is 3.47. The van der Waals surface area contributed by atoms with Gasteiger partial charge in [-0.3, -0.25) is 0 Å². The van der Waals surface area contributed by atoms with Gasteiger partial charge < -0.3 is 19.9 Å². The first-order chi connectivity index (χ1) is 13.5. The number of halogens is 1. The summed E-state index contributed by atoms with van der Waals surface area (Å²) in [5, 5.41) is 23.3. The highest BCUT2D eigenvalue weighted by Gasteiger charge is 2.31. The number of hydrogen-bond donors (Lipinski definition) is 2. The minimum absolute atomic E-state index is 0.00890. The molecule has 2 N–H and O–H groups in total. The summed E-state index contributed by atoms with van der Waals surface area (Å²) in [6.45, 7) is 5.05. The molecule has 1 heterocycles. The lowest BCUT2D eigenvalue weighted by atomic mass is 10.0. The van der Waals surface area contributed by atoms with Gasteiger partial charge in [-0.2, -0.15) is 5.26 Å². The largest absolute Gasteiger partial charge is 0.489 e. The SMILES string of the molecule is CC(C)c1ccc(OC2CN[C@@H](C(O)COc3cccc(Cl)c3C#N)C2)cc1. The molecule has 6 heteroatoms. The second-order valence-electron chi connectivity index (χ2n) is 7.32. The van der Waals surface area contributed by atoms with Crippen LogP contribution in [0, 0.1) is 11.3 Å². The van der Waals surface area contributed by atoms with Crippen LogP contribution in [0.15, 0.2) is 42.5 Å². The lowest BCUT2D eigenvalue weighted by Gasteiger charge is -2.19. The second kappa shape index (κ2) is 9.29. The molecule has 1 aliphatic heterocycles. The Balaban J connectivity index is 1.51. The Hall–Kier alpha value is -2.26. The normalized spacial score (nSPS) is 20.0. The Bertz CT molecular complexity index is 833. The Labute approximate surface area is 170 Å². The van der Waals surface area contributed by atoms with E-state index in [2.05, 4.69) is 31.3 Å². The number of nitriles is 1. The van der Waals surface area contributed by atoms with E-state index < -0.39 is 6.10 Å². The lowest BCUT2D eigenvalue weighted by Crippen LogP contribution is -2.38. The van der Waals surface area contributed by atoms with Crippen LogP contribution in [0.2, 0.25) is 5.02 Å². The molecule has 2 unspecified atom stereocenters. The molecule has 3 rings (SSSR count). The minimum atomic E-state index is -0.720. The van der Waals surface area contributed by atoms with Crippen molar-refractivity contribution >= 4 is 11.6 Å². The van der Waals surface area contributed by atoms with E-state index in [9.17, 15) is 10.4 Å². The van der Waals surface area contributed by atoms with Crippen molar-refractivity contribution in [2.24, 2.45) is 0 Å². The minimum Gasteiger partial charge on any atom is -0.489 e. The van der Waals surface area contributed by atoms with E-state index in [1.165, 1.54) is 5.56 Å². The summed E-state index contributed by atoms with van der Waals surface area (Å²) in [5.41, 5.74) is 1.56. The summed E-state index contributed by atoms with van der Waals surface area (Å²) in [6.07, 6.45) is -0.0512. The van der Waals surface area contributed by atoms with E-state index in [4.69, 9.17) is 21.1 Å². The maximum atomic E-state index is 10.5. The van der Waals surface area contributed by atoms with Crippen molar-refractivity contribution in [1.82, 2.24) is 5.32 Å². The molecule has 1 aliphatic rings. The van der Waals surface area contributed by atoms with Crippen molar-refractivity contribution in [3.05, 3.63) is 58.6 Å². The maximum absolute atomic E-state index is 10.5. The average Bonchev–Trinajstić information content (AvgIpc) is 3.15. The Kier molecular flexibility index (Phi) is 6.79. The van der Waals surface area contributed by atoms with Gasteiger partial charge >= 0.3 is 0 Å². The summed E-state index contributed by atoms with van der Waals surface area (Å²) < 4.78 is 11.7. The number of hydrogen-bond acceptors (Lipinski definition) is 5. The van der Waals surface area contributed by atoms with Crippen LogP contribution in [0.5, 0.6) is 11.5 Å². The van der Waals surface area contributed by atoms with Gasteiger partial charge in [0.2, 0.25) is 0 Å². The van der Waals surface area contributed by atoms with Crippen LogP contribution in [0.4, 0.5) is 0 Å². The smallest absolute Gasteiger partial charge is 0.138 e. The van der Waals surface area contributed by atoms with Crippen LogP contribution in [-0.4, -0.2) is 36.5 Å². The summed E-state index contributed by atoms with van der Waals surface area (Å²) in [7, 11) is 0. The van der Waals surface area contributed by atoms with E-state index in [1.54, 1.807) is 18.2 Å². The predicted molar refractivity (Wildman–Crippen MR) is 109 cm³/mol. The molecule has 0 saturated carbocycles. The third kappa shape index (κ3) is 4.96. The zero-order valence-corrected chi connectivity index (χ0v) is 16.8. The number of ether oxygens (including phenoxy) is 2. The van der Waals surface area contributed by atoms with Crippen molar-refractivity contribution in [1.29, 1.82) is 5.26 Å². The summed E-state index contributed by atoms with van der Waals surface area (Å²) in [6, 6.07) is 15.1. The number of nitrogens with zero attached hydrogens (tertiary/aromatic N) is 1. The molecular formula is C22H25ClN2O3. The molecule has 2 aromatic rings. The fourth-order valence-electron chi connectivity index (χ4n) is 3.26. The summed E-state index contributed by atoms with van der Waals surface area (Å²) >= 11 is 6.00. The molecule has 5 nitrogen and oxygen atoms in total. The quantitative estimate of drug-likeness (QED) is 0.737. The highest BCUT2D eigenvalue weighted by Crippen LogP contribution is 2.26.